The standard InChI is InChI=1S/C17H19NOS/c1-3-18-15(17-12(2)8-9-19-17)10-13-11-20-16-7-5-4-6-14(13)16/h4-9,11,15,18H,3,10H2,1-2H3. The van der Waals surface area contributed by atoms with Crippen LogP contribution < -0.4 is 5.32 Å². The van der Waals surface area contributed by atoms with Crippen LogP contribution >= 0.6 is 11.3 Å². The van der Waals surface area contributed by atoms with Crippen molar-refractivity contribution in [3.63, 3.8) is 0 Å². The summed E-state index contributed by atoms with van der Waals surface area (Å²) < 4.78 is 7.04. The molecule has 3 aromatic rings. The Labute approximate surface area is 123 Å². The number of hydrogen-bond acceptors (Lipinski definition) is 3. The molecule has 2 nitrogen and oxygen atoms in total. The van der Waals surface area contributed by atoms with E-state index in [0.29, 0.717) is 0 Å². The van der Waals surface area contributed by atoms with E-state index in [0.717, 1.165) is 18.7 Å². The number of furan rings is 1. The summed E-state index contributed by atoms with van der Waals surface area (Å²) in [5, 5.41) is 7.18. The SMILES string of the molecule is CCNC(Cc1csc2ccccc12)c1occc1C. The largest absolute Gasteiger partial charge is 0.467 e. The van der Waals surface area contributed by atoms with E-state index < -0.39 is 0 Å². The molecule has 0 amide bonds. The fourth-order valence-electron chi connectivity index (χ4n) is 2.66. The van der Waals surface area contributed by atoms with Gasteiger partial charge in [-0.3, -0.25) is 0 Å². The highest BCUT2D eigenvalue weighted by atomic mass is 32.1. The van der Waals surface area contributed by atoms with Gasteiger partial charge in [-0.15, -0.1) is 11.3 Å². The van der Waals surface area contributed by atoms with E-state index in [9.17, 15) is 0 Å². The van der Waals surface area contributed by atoms with Crippen LogP contribution in [0.3, 0.4) is 0 Å². The molecule has 2 aromatic heterocycles. The second-order valence-electron chi connectivity index (χ2n) is 5.04. The van der Waals surface area contributed by atoms with Gasteiger partial charge >= 0.3 is 0 Å². The number of aryl methyl sites for hydroxylation is 1. The van der Waals surface area contributed by atoms with Crippen LogP contribution in [0.2, 0.25) is 0 Å². The summed E-state index contributed by atoms with van der Waals surface area (Å²) in [7, 11) is 0. The Hall–Kier alpha value is -1.58. The summed E-state index contributed by atoms with van der Waals surface area (Å²) >= 11 is 1.82. The number of hydrogen-bond donors (Lipinski definition) is 1. The van der Waals surface area contributed by atoms with Crippen molar-refractivity contribution >= 4 is 21.4 Å². The van der Waals surface area contributed by atoms with Crippen molar-refractivity contribution < 1.29 is 4.42 Å². The maximum absolute atomic E-state index is 5.68. The normalized spacial score (nSPS) is 12.9. The first-order chi connectivity index (χ1) is 9.79. The second-order valence-corrected chi connectivity index (χ2v) is 5.95. The molecular formula is C17H19NOS. The molecule has 1 aromatic carbocycles. The van der Waals surface area contributed by atoms with Gasteiger partial charge in [-0.1, -0.05) is 25.1 Å². The molecular weight excluding hydrogens is 266 g/mol. The van der Waals surface area contributed by atoms with Crippen molar-refractivity contribution in [2.45, 2.75) is 26.3 Å². The van der Waals surface area contributed by atoms with Crippen LogP contribution in [0.4, 0.5) is 0 Å². The Balaban J connectivity index is 1.92. The molecule has 20 heavy (non-hydrogen) atoms. The van der Waals surface area contributed by atoms with Gasteiger partial charge in [0, 0.05) is 4.70 Å². The fourth-order valence-corrected chi connectivity index (χ4v) is 3.63. The monoisotopic (exact) mass is 285 g/mol. The van der Waals surface area contributed by atoms with Crippen molar-refractivity contribution in [1.29, 1.82) is 0 Å². The maximum Gasteiger partial charge on any atom is 0.123 e. The molecule has 1 atom stereocenters. The van der Waals surface area contributed by atoms with E-state index in [-0.39, 0.29) is 6.04 Å². The Morgan fingerprint density at radius 3 is 2.85 bits per heavy atom. The molecule has 3 heteroatoms. The Morgan fingerprint density at radius 1 is 1.25 bits per heavy atom. The molecule has 0 saturated heterocycles. The molecule has 0 fully saturated rings. The van der Waals surface area contributed by atoms with Crippen LogP contribution in [-0.4, -0.2) is 6.54 Å². The molecule has 0 spiro atoms. The highest BCUT2D eigenvalue weighted by Crippen LogP contribution is 2.30. The minimum Gasteiger partial charge on any atom is -0.467 e. The maximum atomic E-state index is 5.68. The molecule has 0 saturated carbocycles. The smallest absolute Gasteiger partial charge is 0.123 e. The van der Waals surface area contributed by atoms with Crippen LogP contribution in [-0.2, 0) is 6.42 Å². The highest BCUT2D eigenvalue weighted by molar-refractivity contribution is 7.17. The number of nitrogens with one attached hydrogen (secondary N) is 1. The number of likely N-dealkylation sites (N-methyl/N-ethyl adjacent to an activating group) is 1. The first-order valence-electron chi connectivity index (χ1n) is 7.02. The van der Waals surface area contributed by atoms with Crippen LogP contribution in [0.25, 0.3) is 10.1 Å². The average molecular weight is 285 g/mol. The predicted octanol–water partition coefficient (Wildman–Crippen LogP) is 4.70. The van der Waals surface area contributed by atoms with Crippen molar-refractivity contribution in [3.8, 4) is 0 Å². The van der Waals surface area contributed by atoms with Gasteiger partial charge in [0.15, 0.2) is 0 Å². The lowest BCUT2D eigenvalue weighted by atomic mass is 10.0. The highest BCUT2D eigenvalue weighted by Gasteiger charge is 2.18. The van der Waals surface area contributed by atoms with Crippen molar-refractivity contribution in [3.05, 3.63) is 58.9 Å². The van der Waals surface area contributed by atoms with Crippen LogP contribution in [0.15, 0.2) is 46.4 Å². The average Bonchev–Trinajstić information content (AvgIpc) is 3.05. The summed E-state index contributed by atoms with van der Waals surface area (Å²) in [6.07, 6.45) is 2.74. The minimum absolute atomic E-state index is 0.244. The van der Waals surface area contributed by atoms with Crippen LogP contribution in [0.5, 0.6) is 0 Å². The lowest BCUT2D eigenvalue weighted by Gasteiger charge is -2.16. The van der Waals surface area contributed by atoms with E-state index in [1.807, 2.05) is 17.4 Å². The summed E-state index contributed by atoms with van der Waals surface area (Å²) in [5.41, 5.74) is 2.61. The Bertz CT molecular complexity index is 698. The third kappa shape index (κ3) is 2.51. The van der Waals surface area contributed by atoms with E-state index >= 15 is 0 Å². The van der Waals surface area contributed by atoms with Crippen molar-refractivity contribution in [2.75, 3.05) is 6.54 Å². The lowest BCUT2D eigenvalue weighted by Crippen LogP contribution is -2.23. The molecule has 0 aliphatic carbocycles. The topological polar surface area (TPSA) is 25.2 Å². The van der Waals surface area contributed by atoms with Gasteiger partial charge in [-0.2, -0.15) is 0 Å². The van der Waals surface area contributed by atoms with E-state index in [2.05, 4.69) is 48.8 Å². The van der Waals surface area contributed by atoms with Gasteiger partial charge in [0.2, 0.25) is 0 Å². The van der Waals surface area contributed by atoms with Crippen molar-refractivity contribution in [2.24, 2.45) is 0 Å². The zero-order valence-electron chi connectivity index (χ0n) is 11.8. The second kappa shape index (κ2) is 5.81. The third-order valence-corrected chi connectivity index (χ3v) is 4.67. The zero-order chi connectivity index (χ0) is 13.9. The molecule has 1 unspecified atom stereocenters. The number of benzene rings is 1. The molecule has 0 radical (unpaired) electrons. The number of thiophene rings is 1. The molecule has 104 valence electrons. The van der Waals surface area contributed by atoms with E-state index in [1.54, 1.807) is 6.26 Å². The summed E-state index contributed by atoms with van der Waals surface area (Å²) in [5.74, 6) is 1.06. The third-order valence-electron chi connectivity index (χ3n) is 3.65. The fraction of sp³-hybridized carbons (Fsp3) is 0.294. The summed E-state index contributed by atoms with van der Waals surface area (Å²) in [6, 6.07) is 10.9. The van der Waals surface area contributed by atoms with Gasteiger partial charge in [-0.25, -0.2) is 0 Å². The predicted molar refractivity (Wildman–Crippen MR) is 85.4 cm³/mol. The molecule has 3 rings (SSSR count). The number of fused-ring (bicyclic) bond motifs is 1. The molecule has 0 aliphatic rings. The molecule has 0 aliphatic heterocycles. The Morgan fingerprint density at radius 2 is 2.10 bits per heavy atom. The van der Waals surface area contributed by atoms with Gasteiger partial charge in [0.05, 0.1) is 12.3 Å². The summed E-state index contributed by atoms with van der Waals surface area (Å²) in [6.45, 7) is 5.18. The quantitative estimate of drug-likeness (QED) is 0.735. The van der Waals surface area contributed by atoms with Crippen LogP contribution in [0, 0.1) is 6.92 Å². The van der Waals surface area contributed by atoms with Crippen molar-refractivity contribution in [1.82, 2.24) is 5.32 Å². The lowest BCUT2D eigenvalue weighted by molar-refractivity contribution is 0.414. The zero-order valence-corrected chi connectivity index (χ0v) is 12.7. The number of rotatable bonds is 5. The first-order valence-corrected chi connectivity index (χ1v) is 7.90. The van der Waals surface area contributed by atoms with Gasteiger partial charge in [0.1, 0.15) is 5.76 Å². The summed E-state index contributed by atoms with van der Waals surface area (Å²) in [4.78, 5) is 0. The van der Waals surface area contributed by atoms with E-state index in [4.69, 9.17) is 4.42 Å². The van der Waals surface area contributed by atoms with Gasteiger partial charge in [0.25, 0.3) is 0 Å². The van der Waals surface area contributed by atoms with Crippen LogP contribution in [0.1, 0.15) is 29.9 Å². The van der Waals surface area contributed by atoms with E-state index in [1.165, 1.54) is 21.2 Å². The van der Waals surface area contributed by atoms with Gasteiger partial charge in [-0.05, 0) is 53.9 Å². The van der Waals surface area contributed by atoms with Gasteiger partial charge < -0.3 is 9.73 Å². The molecule has 0 bridgehead atoms. The minimum atomic E-state index is 0.244. The molecule has 2 heterocycles. The molecule has 1 N–H and O–H groups in total. The Kier molecular flexibility index (Phi) is 3.90. The first kappa shape index (κ1) is 13.4.